The molecule has 0 saturated carbocycles. The average Bonchev–Trinajstić information content (AvgIpc) is 2.52. The Labute approximate surface area is 74.4 Å². The summed E-state index contributed by atoms with van der Waals surface area (Å²) in [6, 6.07) is 3.79. The van der Waals surface area contributed by atoms with Gasteiger partial charge in [-0.25, -0.2) is 0 Å². The SMILES string of the molecule is CSC#CC(O)c1cccs1. The first-order valence-corrected chi connectivity index (χ1v) is 5.20. The van der Waals surface area contributed by atoms with Crippen molar-refractivity contribution in [3.05, 3.63) is 22.4 Å². The Balaban J connectivity index is 2.63. The molecule has 0 radical (unpaired) electrons. The van der Waals surface area contributed by atoms with Crippen molar-refractivity contribution < 1.29 is 5.11 Å². The molecule has 11 heavy (non-hydrogen) atoms. The van der Waals surface area contributed by atoms with E-state index in [1.54, 1.807) is 0 Å². The molecule has 1 atom stereocenters. The van der Waals surface area contributed by atoms with Gasteiger partial charge in [-0.2, -0.15) is 0 Å². The molecule has 1 aromatic rings. The highest BCUT2D eigenvalue weighted by molar-refractivity contribution is 8.03. The topological polar surface area (TPSA) is 20.2 Å². The third-order valence-electron chi connectivity index (χ3n) is 1.11. The quantitative estimate of drug-likeness (QED) is 0.674. The summed E-state index contributed by atoms with van der Waals surface area (Å²) in [6.07, 6.45) is 1.27. The van der Waals surface area contributed by atoms with E-state index in [0.717, 1.165) is 4.88 Å². The molecule has 1 unspecified atom stereocenters. The van der Waals surface area contributed by atoms with Gasteiger partial charge in [-0.05, 0) is 23.0 Å². The molecule has 0 aliphatic heterocycles. The van der Waals surface area contributed by atoms with Crippen LogP contribution in [-0.2, 0) is 0 Å². The monoisotopic (exact) mass is 184 g/mol. The number of hydrogen-bond donors (Lipinski definition) is 1. The standard InChI is InChI=1S/C8H8OS2/c1-10-6-4-7(9)8-3-2-5-11-8/h2-3,5,7,9H,1H3. The Morgan fingerprint density at radius 1 is 1.73 bits per heavy atom. The molecule has 0 bridgehead atoms. The minimum atomic E-state index is -0.609. The second kappa shape index (κ2) is 4.45. The maximum atomic E-state index is 9.36. The summed E-state index contributed by atoms with van der Waals surface area (Å²) >= 11 is 2.93. The summed E-state index contributed by atoms with van der Waals surface area (Å²) in [5, 5.41) is 14.1. The van der Waals surface area contributed by atoms with Gasteiger partial charge < -0.3 is 5.11 Å². The van der Waals surface area contributed by atoms with Crippen LogP contribution in [-0.4, -0.2) is 11.4 Å². The predicted molar refractivity (Wildman–Crippen MR) is 50.6 cm³/mol. The van der Waals surface area contributed by atoms with Crippen molar-refractivity contribution in [3.8, 4) is 11.2 Å². The number of hydrogen-bond acceptors (Lipinski definition) is 3. The van der Waals surface area contributed by atoms with Gasteiger partial charge in [-0.3, -0.25) is 0 Å². The highest BCUT2D eigenvalue weighted by Crippen LogP contribution is 2.17. The van der Waals surface area contributed by atoms with E-state index in [-0.39, 0.29) is 0 Å². The second-order valence-corrected chi connectivity index (χ2v) is 3.46. The summed E-state index contributed by atoms with van der Waals surface area (Å²) in [5.41, 5.74) is 0. The number of rotatable bonds is 1. The van der Waals surface area contributed by atoms with E-state index in [4.69, 9.17) is 0 Å². The summed E-state index contributed by atoms with van der Waals surface area (Å²) < 4.78 is 0. The van der Waals surface area contributed by atoms with Crippen molar-refractivity contribution in [1.29, 1.82) is 0 Å². The number of thioether (sulfide) groups is 1. The second-order valence-electron chi connectivity index (χ2n) is 1.87. The lowest BCUT2D eigenvalue weighted by atomic mass is 10.3. The Bertz CT molecular complexity index is 255. The molecule has 1 heterocycles. The van der Waals surface area contributed by atoms with Crippen molar-refractivity contribution in [3.63, 3.8) is 0 Å². The van der Waals surface area contributed by atoms with Crippen LogP contribution in [0.4, 0.5) is 0 Å². The zero-order valence-electron chi connectivity index (χ0n) is 6.07. The molecule has 1 nitrogen and oxygen atoms in total. The maximum absolute atomic E-state index is 9.36. The highest BCUT2D eigenvalue weighted by atomic mass is 32.2. The average molecular weight is 184 g/mol. The van der Waals surface area contributed by atoms with Crippen LogP contribution in [0.25, 0.3) is 0 Å². The third kappa shape index (κ3) is 2.58. The predicted octanol–water partition coefficient (Wildman–Crippen LogP) is 2.11. The third-order valence-corrected chi connectivity index (χ3v) is 2.36. The van der Waals surface area contributed by atoms with Gasteiger partial charge in [0.25, 0.3) is 0 Å². The molecule has 1 N–H and O–H groups in total. The first-order chi connectivity index (χ1) is 5.34. The van der Waals surface area contributed by atoms with Crippen molar-refractivity contribution in [1.82, 2.24) is 0 Å². The summed E-state index contributed by atoms with van der Waals surface area (Å²) in [4.78, 5) is 0.909. The zero-order chi connectivity index (χ0) is 8.10. The summed E-state index contributed by atoms with van der Waals surface area (Å²) in [7, 11) is 0. The van der Waals surface area contributed by atoms with Crippen LogP contribution in [0, 0.1) is 11.2 Å². The molecule has 0 saturated heterocycles. The normalized spacial score (nSPS) is 11.8. The molecule has 0 spiro atoms. The van der Waals surface area contributed by atoms with E-state index >= 15 is 0 Å². The van der Waals surface area contributed by atoms with Gasteiger partial charge in [0.1, 0.15) is 6.10 Å². The lowest BCUT2D eigenvalue weighted by Gasteiger charge is -1.95. The van der Waals surface area contributed by atoms with E-state index in [9.17, 15) is 5.11 Å². The zero-order valence-corrected chi connectivity index (χ0v) is 7.71. The van der Waals surface area contributed by atoms with Gasteiger partial charge in [-0.15, -0.1) is 11.3 Å². The minimum absolute atomic E-state index is 0.609. The first kappa shape index (κ1) is 8.66. The molecule has 0 aliphatic carbocycles. The smallest absolute Gasteiger partial charge is 0.150 e. The van der Waals surface area contributed by atoms with Gasteiger partial charge >= 0.3 is 0 Å². The van der Waals surface area contributed by atoms with Crippen LogP contribution in [0.15, 0.2) is 17.5 Å². The van der Waals surface area contributed by atoms with Crippen LogP contribution < -0.4 is 0 Å². The highest BCUT2D eigenvalue weighted by Gasteiger charge is 2.02. The molecule has 0 fully saturated rings. The van der Waals surface area contributed by atoms with Gasteiger partial charge in [-0.1, -0.05) is 23.7 Å². The number of thiophene rings is 1. The minimum Gasteiger partial charge on any atom is -0.375 e. The molecule has 58 valence electrons. The molecular weight excluding hydrogens is 176 g/mol. The van der Waals surface area contributed by atoms with E-state index < -0.39 is 6.10 Å². The van der Waals surface area contributed by atoms with Crippen molar-refractivity contribution >= 4 is 23.1 Å². The molecule has 1 aromatic heterocycles. The van der Waals surface area contributed by atoms with Crippen LogP contribution in [0.5, 0.6) is 0 Å². The molecule has 0 aliphatic rings. The van der Waals surface area contributed by atoms with Crippen LogP contribution in [0.1, 0.15) is 11.0 Å². The molecule has 0 amide bonds. The van der Waals surface area contributed by atoms with Gasteiger partial charge in [0.15, 0.2) is 0 Å². The number of aliphatic hydroxyl groups excluding tert-OH is 1. The van der Waals surface area contributed by atoms with Crippen LogP contribution in [0.2, 0.25) is 0 Å². The summed E-state index contributed by atoms with van der Waals surface area (Å²) in [5.74, 6) is 2.71. The molecule has 1 rings (SSSR count). The van der Waals surface area contributed by atoms with Gasteiger partial charge in [0.2, 0.25) is 0 Å². The number of aliphatic hydroxyl groups is 1. The fourth-order valence-corrected chi connectivity index (χ4v) is 1.52. The molecular formula is C8H8OS2. The first-order valence-electron chi connectivity index (χ1n) is 3.09. The van der Waals surface area contributed by atoms with Gasteiger partial charge in [0, 0.05) is 4.88 Å². The van der Waals surface area contributed by atoms with E-state index in [0.29, 0.717) is 0 Å². The van der Waals surface area contributed by atoms with Crippen molar-refractivity contribution in [2.45, 2.75) is 6.10 Å². The van der Waals surface area contributed by atoms with E-state index in [1.807, 2.05) is 23.8 Å². The fourth-order valence-electron chi connectivity index (χ4n) is 0.633. The van der Waals surface area contributed by atoms with Crippen LogP contribution >= 0.6 is 23.1 Å². The lowest BCUT2D eigenvalue weighted by Crippen LogP contribution is -1.87. The Morgan fingerprint density at radius 2 is 2.55 bits per heavy atom. The van der Waals surface area contributed by atoms with Crippen molar-refractivity contribution in [2.24, 2.45) is 0 Å². The Morgan fingerprint density at radius 3 is 3.09 bits per heavy atom. The maximum Gasteiger partial charge on any atom is 0.150 e. The van der Waals surface area contributed by atoms with Crippen LogP contribution in [0.3, 0.4) is 0 Å². The fraction of sp³-hybridized carbons (Fsp3) is 0.250. The Hall–Kier alpha value is -0.430. The largest absolute Gasteiger partial charge is 0.375 e. The summed E-state index contributed by atoms with van der Waals surface area (Å²) in [6.45, 7) is 0. The Kier molecular flexibility index (Phi) is 3.50. The van der Waals surface area contributed by atoms with Crippen molar-refractivity contribution in [2.75, 3.05) is 6.26 Å². The lowest BCUT2D eigenvalue weighted by molar-refractivity contribution is 0.242. The van der Waals surface area contributed by atoms with Gasteiger partial charge in [0.05, 0.1) is 0 Å². The van der Waals surface area contributed by atoms with E-state index in [1.165, 1.54) is 23.1 Å². The molecule has 0 aromatic carbocycles. The molecule has 3 heteroatoms. The van der Waals surface area contributed by atoms with E-state index in [2.05, 4.69) is 11.2 Å².